The van der Waals surface area contributed by atoms with E-state index in [9.17, 15) is 4.79 Å². The zero-order valence-corrected chi connectivity index (χ0v) is 11.8. The van der Waals surface area contributed by atoms with Crippen molar-refractivity contribution < 1.29 is 4.79 Å². The van der Waals surface area contributed by atoms with Gasteiger partial charge >= 0.3 is 0 Å². The van der Waals surface area contributed by atoms with Gasteiger partial charge in [0.05, 0.1) is 16.8 Å². The largest absolute Gasteiger partial charge is 0.346 e. The minimum Gasteiger partial charge on any atom is -0.346 e. The second-order valence-electron chi connectivity index (χ2n) is 3.92. The molecule has 0 saturated heterocycles. The number of hydrogen-bond acceptors (Lipinski definition) is 6. The Morgan fingerprint density at radius 3 is 3.05 bits per heavy atom. The molecule has 0 saturated carbocycles. The maximum atomic E-state index is 12.2. The lowest BCUT2D eigenvalue weighted by Gasteiger charge is -2.03. The first-order chi connectivity index (χ1) is 9.78. The van der Waals surface area contributed by atoms with Gasteiger partial charge in [-0.2, -0.15) is 5.26 Å². The number of carbonyl (C=O) groups excluding carboxylic acids is 1. The molecule has 20 heavy (non-hydrogen) atoms. The lowest BCUT2D eigenvalue weighted by atomic mass is 10.3. The van der Waals surface area contributed by atoms with E-state index in [-0.39, 0.29) is 5.91 Å². The van der Waals surface area contributed by atoms with Crippen molar-refractivity contribution in [1.82, 2.24) is 15.3 Å². The van der Waals surface area contributed by atoms with Crippen LogP contribution in [0.3, 0.4) is 0 Å². The molecule has 0 bridgehead atoms. The zero-order valence-electron chi connectivity index (χ0n) is 10.2. The van der Waals surface area contributed by atoms with E-state index in [2.05, 4.69) is 21.4 Å². The lowest BCUT2D eigenvalue weighted by Crippen LogP contribution is -2.23. The van der Waals surface area contributed by atoms with Gasteiger partial charge in [-0.05, 0) is 23.6 Å². The fourth-order valence-corrected chi connectivity index (χ4v) is 3.31. The highest BCUT2D eigenvalue weighted by Crippen LogP contribution is 2.21. The summed E-state index contributed by atoms with van der Waals surface area (Å²) in [6.07, 6.45) is 1.39. The fourth-order valence-electron chi connectivity index (χ4n) is 1.73. The predicted octanol–water partition coefficient (Wildman–Crippen LogP) is 2.55. The van der Waals surface area contributed by atoms with Gasteiger partial charge in [-0.15, -0.1) is 22.7 Å². The fraction of sp³-hybridized carbons (Fsp3) is 0.0769. The van der Waals surface area contributed by atoms with Crippen molar-refractivity contribution >= 4 is 38.8 Å². The smallest absolute Gasteiger partial charge is 0.271 e. The summed E-state index contributed by atoms with van der Waals surface area (Å²) in [5.41, 5.74) is 1.17. The van der Waals surface area contributed by atoms with Crippen LogP contribution in [0.5, 0.6) is 0 Å². The van der Waals surface area contributed by atoms with Crippen molar-refractivity contribution in [1.29, 1.82) is 5.26 Å². The third kappa shape index (κ3) is 2.39. The molecule has 0 aromatic carbocycles. The maximum absolute atomic E-state index is 12.2. The van der Waals surface area contributed by atoms with Crippen LogP contribution in [0.4, 0.5) is 0 Å². The molecule has 1 N–H and O–H groups in total. The van der Waals surface area contributed by atoms with Gasteiger partial charge < -0.3 is 5.32 Å². The zero-order chi connectivity index (χ0) is 13.9. The molecule has 3 aromatic heterocycles. The van der Waals surface area contributed by atoms with Gasteiger partial charge in [-0.25, -0.2) is 9.97 Å². The molecule has 7 heteroatoms. The summed E-state index contributed by atoms with van der Waals surface area (Å²) in [7, 11) is 0. The van der Waals surface area contributed by atoms with Crippen LogP contribution in [0.2, 0.25) is 0 Å². The first-order valence-electron chi connectivity index (χ1n) is 5.73. The summed E-state index contributed by atoms with van der Waals surface area (Å²) in [4.78, 5) is 21.9. The minimum atomic E-state index is -0.230. The van der Waals surface area contributed by atoms with E-state index >= 15 is 0 Å². The topological polar surface area (TPSA) is 78.7 Å². The summed E-state index contributed by atoms with van der Waals surface area (Å²) in [6.45, 7) is 0.391. The van der Waals surface area contributed by atoms with Gasteiger partial charge in [0, 0.05) is 4.88 Å². The molecule has 1 amide bonds. The molecule has 3 heterocycles. The third-order valence-electron chi connectivity index (χ3n) is 2.65. The molecule has 5 nitrogen and oxygen atoms in total. The Hall–Kier alpha value is -2.30. The van der Waals surface area contributed by atoms with Crippen LogP contribution in [0, 0.1) is 11.3 Å². The van der Waals surface area contributed by atoms with E-state index in [4.69, 9.17) is 5.26 Å². The number of carbonyl (C=O) groups is 1. The van der Waals surface area contributed by atoms with E-state index in [0.29, 0.717) is 17.1 Å². The van der Waals surface area contributed by atoms with Crippen molar-refractivity contribution in [2.45, 2.75) is 6.54 Å². The Labute approximate surface area is 122 Å². The summed E-state index contributed by atoms with van der Waals surface area (Å²) >= 11 is 2.81. The summed E-state index contributed by atoms with van der Waals surface area (Å²) in [5, 5.41) is 13.5. The van der Waals surface area contributed by atoms with Crippen LogP contribution in [0.15, 0.2) is 29.9 Å². The number of thiophene rings is 2. The highest BCUT2D eigenvalue weighted by molar-refractivity contribution is 7.17. The van der Waals surface area contributed by atoms with Crippen LogP contribution in [-0.2, 0) is 6.54 Å². The molecule has 0 aliphatic carbocycles. The first kappa shape index (κ1) is 12.7. The Morgan fingerprint density at radius 2 is 2.25 bits per heavy atom. The molecule has 0 atom stereocenters. The van der Waals surface area contributed by atoms with Gasteiger partial charge in [0.25, 0.3) is 5.91 Å². The highest BCUT2D eigenvalue weighted by atomic mass is 32.1. The number of nitrogens with zero attached hydrogens (tertiary/aromatic N) is 3. The second kappa shape index (κ2) is 5.36. The average molecular weight is 300 g/mol. The number of aromatic nitrogens is 2. The van der Waals surface area contributed by atoms with Crippen LogP contribution in [0.1, 0.15) is 20.2 Å². The molecule has 0 spiro atoms. The maximum Gasteiger partial charge on any atom is 0.271 e. The predicted molar refractivity (Wildman–Crippen MR) is 77.6 cm³/mol. The molecule has 0 unspecified atom stereocenters. The van der Waals surface area contributed by atoms with E-state index < -0.39 is 0 Å². The molecule has 98 valence electrons. The van der Waals surface area contributed by atoms with Crippen LogP contribution < -0.4 is 5.32 Å². The number of hydrogen-bond donors (Lipinski definition) is 1. The molecule has 0 radical (unpaired) electrons. The van der Waals surface area contributed by atoms with Crippen LogP contribution >= 0.6 is 22.7 Å². The number of rotatable bonds is 3. The van der Waals surface area contributed by atoms with Gasteiger partial charge in [0.1, 0.15) is 23.0 Å². The normalized spacial score (nSPS) is 10.3. The molecule has 3 rings (SSSR count). The molecule has 3 aromatic rings. The molecule has 0 fully saturated rings. The van der Waals surface area contributed by atoms with Crippen molar-refractivity contribution in [3.05, 3.63) is 45.4 Å². The van der Waals surface area contributed by atoms with Crippen LogP contribution in [-0.4, -0.2) is 15.9 Å². The van der Waals surface area contributed by atoms with Gasteiger partial charge in [-0.3, -0.25) is 4.79 Å². The number of fused-ring (bicyclic) bond motifs is 1. The van der Waals surface area contributed by atoms with Crippen molar-refractivity contribution in [2.24, 2.45) is 0 Å². The van der Waals surface area contributed by atoms with E-state index in [1.807, 2.05) is 17.5 Å². The van der Waals surface area contributed by atoms with Gasteiger partial charge in [0.15, 0.2) is 0 Å². The van der Waals surface area contributed by atoms with Crippen molar-refractivity contribution in [3.63, 3.8) is 0 Å². The van der Waals surface area contributed by atoms with Gasteiger partial charge in [-0.1, -0.05) is 0 Å². The Balaban J connectivity index is 1.76. The quantitative estimate of drug-likeness (QED) is 0.806. The molecular formula is C13H8N4OS2. The van der Waals surface area contributed by atoms with E-state index in [1.54, 1.807) is 6.07 Å². The molecular weight excluding hydrogens is 292 g/mol. The van der Waals surface area contributed by atoms with E-state index in [0.717, 1.165) is 15.1 Å². The number of nitriles is 1. The lowest BCUT2D eigenvalue weighted by molar-refractivity contribution is 0.0948. The van der Waals surface area contributed by atoms with E-state index in [1.165, 1.54) is 29.0 Å². The second-order valence-corrected chi connectivity index (χ2v) is 6.00. The number of amides is 1. The molecule has 0 aliphatic rings. The average Bonchev–Trinajstić information content (AvgIpc) is 3.12. The van der Waals surface area contributed by atoms with Crippen molar-refractivity contribution in [3.8, 4) is 6.07 Å². The standard InChI is InChI=1S/C13H8N4OS2/c14-5-8-1-2-9(20-8)6-15-13(18)11-12-10(3-4-19-12)16-7-17-11/h1-4,7H,6H2,(H,15,18). The van der Waals surface area contributed by atoms with Crippen LogP contribution in [0.25, 0.3) is 10.2 Å². The van der Waals surface area contributed by atoms with Crippen molar-refractivity contribution in [2.75, 3.05) is 0 Å². The summed E-state index contributed by atoms with van der Waals surface area (Å²) in [6, 6.07) is 7.51. The highest BCUT2D eigenvalue weighted by Gasteiger charge is 2.13. The first-order valence-corrected chi connectivity index (χ1v) is 7.43. The third-order valence-corrected chi connectivity index (χ3v) is 4.55. The Morgan fingerprint density at radius 1 is 1.35 bits per heavy atom. The van der Waals surface area contributed by atoms with Gasteiger partial charge in [0.2, 0.25) is 0 Å². The monoisotopic (exact) mass is 300 g/mol. The summed E-state index contributed by atoms with van der Waals surface area (Å²) in [5.74, 6) is -0.230. The number of nitrogens with one attached hydrogen (secondary N) is 1. The Kier molecular flexibility index (Phi) is 3.41. The summed E-state index contributed by atoms with van der Waals surface area (Å²) < 4.78 is 0.786. The minimum absolute atomic E-state index is 0.230. The molecule has 0 aliphatic heterocycles. The Bertz CT molecular complexity index is 815. The SMILES string of the molecule is N#Cc1ccc(CNC(=O)c2ncnc3ccsc23)s1.